The number of benzene rings is 1. The first kappa shape index (κ1) is 18.1. The standard InChI is InChI=1S/C20H21N3O2S/c1-13-18(15(3)23(21-13)16-9-6-5-7-10-16)19(24)20(25)22(4)14(2)17-11-8-12-26-17/h5-12,14H,1-4H3/t14-/m1/s1. The van der Waals surface area contributed by atoms with Gasteiger partial charge in [-0.05, 0) is 44.4 Å². The van der Waals surface area contributed by atoms with E-state index in [1.54, 1.807) is 30.0 Å². The van der Waals surface area contributed by atoms with Crippen LogP contribution in [0.15, 0.2) is 47.8 Å². The SMILES string of the molecule is Cc1nn(-c2ccccc2)c(C)c1C(=O)C(=O)N(C)[C@H](C)c1cccs1. The van der Waals surface area contributed by atoms with Crippen LogP contribution in [0.4, 0.5) is 0 Å². The molecule has 0 fully saturated rings. The van der Waals surface area contributed by atoms with Gasteiger partial charge >= 0.3 is 0 Å². The van der Waals surface area contributed by atoms with Crippen LogP contribution in [0.5, 0.6) is 0 Å². The van der Waals surface area contributed by atoms with Crippen molar-refractivity contribution in [2.45, 2.75) is 26.8 Å². The molecule has 0 radical (unpaired) electrons. The van der Waals surface area contributed by atoms with Gasteiger partial charge in [0.2, 0.25) is 0 Å². The Morgan fingerprint density at radius 1 is 1.12 bits per heavy atom. The van der Waals surface area contributed by atoms with Crippen molar-refractivity contribution in [2.75, 3.05) is 7.05 Å². The molecule has 0 unspecified atom stereocenters. The van der Waals surface area contributed by atoms with E-state index in [1.807, 2.05) is 61.7 Å². The number of ketones is 1. The predicted molar refractivity (Wildman–Crippen MR) is 103 cm³/mol. The molecular weight excluding hydrogens is 346 g/mol. The fourth-order valence-corrected chi connectivity index (χ4v) is 3.78. The summed E-state index contributed by atoms with van der Waals surface area (Å²) >= 11 is 1.57. The molecule has 0 saturated carbocycles. The summed E-state index contributed by atoms with van der Waals surface area (Å²) in [5.74, 6) is -1.04. The van der Waals surface area contributed by atoms with Gasteiger partial charge in [-0.3, -0.25) is 9.59 Å². The Morgan fingerprint density at radius 2 is 1.81 bits per heavy atom. The van der Waals surface area contributed by atoms with Crippen molar-refractivity contribution in [3.05, 3.63) is 69.7 Å². The highest BCUT2D eigenvalue weighted by molar-refractivity contribution is 7.10. The molecule has 26 heavy (non-hydrogen) atoms. The number of hydrogen-bond acceptors (Lipinski definition) is 4. The van der Waals surface area contributed by atoms with Gasteiger partial charge in [-0.15, -0.1) is 11.3 Å². The molecule has 0 bridgehead atoms. The summed E-state index contributed by atoms with van der Waals surface area (Å²) in [6.07, 6.45) is 0. The first-order chi connectivity index (χ1) is 12.4. The van der Waals surface area contributed by atoms with Crippen LogP contribution in [0.2, 0.25) is 0 Å². The maximum atomic E-state index is 12.9. The molecule has 134 valence electrons. The second kappa shape index (κ2) is 7.25. The third-order valence-corrected chi connectivity index (χ3v) is 5.61. The van der Waals surface area contributed by atoms with E-state index in [9.17, 15) is 9.59 Å². The number of nitrogens with zero attached hydrogens (tertiary/aromatic N) is 3. The molecule has 0 aliphatic rings. The smallest absolute Gasteiger partial charge is 0.295 e. The number of carbonyl (C=O) groups excluding carboxylic acids is 2. The molecule has 1 amide bonds. The lowest BCUT2D eigenvalue weighted by Gasteiger charge is -2.23. The number of aryl methyl sites for hydroxylation is 1. The summed E-state index contributed by atoms with van der Waals surface area (Å²) < 4.78 is 1.71. The second-order valence-corrected chi connectivity index (χ2v) is 7.21. The normalized spacial score (nSPS) is 12.0. The number of thiophene rings is 1. The van der Waals surface area contributed by atoms with E-state index in [4.69, 9.17) is 0 Å². The number of hydrogen-bond donors (Lipinski definition) is 0. The van der Waals surface area contributed by atoms with Gasteiger partial charge in [0, 0.05) is 11.9 Å². The molecular formula is C20H21N3O2S. The Hall–Kier alpha value is -2.73. The minimum absolute atomic E-state index is 0.156. The molecule has 3 aromatic rings. The highest BCUT2D eigenvalue weighted by Crippen LogP contribution is 2.25. The zero-order valence-corrected chi connectivity index (χ0v) is 16.1. The molecule has 0 aliphatic carbocycles. The third kappa shape index (κ3) is 3.20. The van der Waals surface area contributed by atoms with Crippen molar-refractivity contribution in [1.29, 1.82) is 0 Å². The van der Waals surface area contributed by atoms with Crippen molar-refractivity contribution in [1.82, 2.24) is 14.7 Å². The van der Waals surface area contributed by atoms with E-state index >= 15 is 0 Å². The molecule has 1 aromatic carbocycles. The van der Waals surface area contributed by atoms with Crippen LogP contribution in [0.25, 0.3) is 5.69 Å². The third-order valence-electron chi connectivity index (χ3n) is 4.57. The van der Waals surface area contributed by atoms with Gasteiger partial charge in [0.1, 0.15) is 0 Å². The van der Waals surface area contributed by atoms with E-state index in [0.717, 1.165) is 10.6 Å². The van der Waals surface area contributed by atoms with E-state index < -0.39 is 11.7 Å². The lowest BCUT2D eigenvalue weighted by atomic mass is 10.1. The lowest BCUT2D eigenvalue weighted by molar-refractivity contribution is -0.127. The summed E-state index contributed by atoms with van der Waals surface area (Å²) in [5.41, 5.74) is 2.47. The molecule has 0 aliphatic heterocycles. The van der Waals surface area contributed by atoms with E-state index in [-0.39, 0.29) is 6.04 Å². The Labute approximate surface area is 156 Å². The largest absolute Gasteiger partial charge is 0.331 e. The molecule has 0 saturated heterocycles. The van der Waals surface area contributed by atoms with Crippen molar-refractivity contribution < 1.29 is 9.59 Å². The summed E-state index contributed by atoms with van der Waals surface area (Å²) in [6.45, 7) is 5.50. The summed E-state index contributed by atoms with van der Waals surface area (Å²) in [4.78, 5) is 28.2. The summed E-state index contributed by atoms with van der Waals surface area (Å²) in [5, 5.41) is 6.43. The zero-order valence-electron chi connectivity index (χ0n) is 15.3. The van der Waals surface area contributed by atoms with Crippen LogP contribution in [-0.4, -0.2) is 33.4 Å². The van der Waals surface area contributed by atoms with Crippen molar-refractivity contribution in [3.63, 3.8) is 0 Å². The van der Waals surface area contributed by atoms with Crippen LogP contribution < -0.4 is 0 Å². The average Bonchev–Trinajstić information content (AvgIpc) is 3.28. The number of rotatable bonds is 5. The summed E-state index contributed by atoms with van der Waals surface area (Å²) in [7, 11) is 1.66. The highest BCUT2D eigenvalue weighted by Gasteiger charge is 2.30. The van der Waals surface area contributed by atoms with Crippen LogP contribution in [0.3, 0.4) is 0 Å². The zero-order chi connectivity index (χ0) is 18.8. The number of aromatic nitrogens is 2. The van der Waals surface area contributed by atoms with Crippen LogP contribution >= 0.6 is 11.3 Å². The minimum Gasteiger partial charge on any atom is -0.331 e. The maximum absolute atomic E-state index is 12.9. The van der Waals surface area contributed by atoms with Crippen molar-refractivity contribution in [3.8, 4) is 5.69 Å². The van der Waals surface area contributed by atoms with Gasteiger partial charge in [0.05, 0.1) is 28.7 Å². The van der Waals surface area contributed by atoms with Crippen LogP contribution in [0, 0.1) is 13.8 Å². The average molecular weight is 367 g/mol. The van der Waals surface area contributed by atoms with Crippen molar-refractivity contribution in [2.24, 2.45) is 0 Å². The topological polar surface area (TPSA) is 55.2 Å². The predicted octanol–water partition coefficient (Wildman–Crippen LogP) is 3.95. The fraction of sp³-hybridized carbons (Fsp3) is 0.250. The van der Waals surface area contributed by atoms with Crippen LogP contribution in [-0.2, 0) is 4.79 Å². The van der Waals surface area contributed by atoms with E-state index in [0.29, 0.717) is 17.0 Å². The maximum Gasteiger partial charge on any atom is 0.295 e. The molecule has 0 N–H and O–H groups in total. The number of para-hydroxylation sites is 1. The lowest BCUT2D eigenvalue weighted by Crippen LogP contribution is -2.35. The molecule has 2 heterocycles. The van der Waals surface area contributed by atoms with Crippen molar-refractivity contribution >= 4 is 23.0 Å². The first-order valence-corrected chi connectivity index (χ1v) is 9.26. The van der Waals surface area contributed by atoms with E-state index in [2.05, 4.69) is 5.10 Å². The second-order valence-electron chi connectivity index (χ2n) is 6.23. The minimum atomic E-state index is -0.523. The van der Waals surface area contributed by atoms with Gasteiger partial charge in [-0.25, -0.2) is 4.68 Å². The molecule has 5 nitrogen and oxygen atoms in total. The summed E-state index contributed by atoms with van der Waals surface area (Å²) in [6, 6.07) is 13.3. The molecule has 3 rings (SSSR count). The van der Waals surface area contributed by atoms with Gasteiger partial charge < -0.3 is 4.90 Å². The van der Waals surface area contributed by atoms with Crippen LogP contribution in [0.1, 0.15) is 39.6 Å². The highest BCUT2D eigenvalue weighted by atomic mass is 32.1. The molecule has 6 heteroatoms. The number of amides is 1. The van der Waals surface area contributed by atoms with Gasteiger partial charge in [0.25, 0.3) is 11.7 Å². The number of Topliss-reactive ketones (excluding diaryl/α,β-unsaturated/α-hetero) is 1. The fourth-order valence-electron chi connectivity index (χ4n) is 2.95. The molecule has 1 atom stereocenters. The first-order valence-electron chi connectivity index (χ1n) is 8.38. The Balaban J connectivity index is 1.90. The molecule has 2 aromatic heterocycles. The van der Waals surface area contributed by atoms with Gasteiger partial charge in [0.15, 0.2) is 0 Å². The molecule has 0 spiro atoms. The quantitative estimate of drug-likeness (QED) is 0.507. The monoisotopic (exact) mass is 367 g/mol. The Morgan fingerprint density at radius 3 is 2.42 bits per heavy atom. The van der Waals surface area contributed by atoms with Gasteiger partial charge in [-0.2, -0.15) is 5.10 Å². The number of likely N-dealkylation sites (N-methyl/N-ethyl adjacent to an activating group) is 1. The Kier molecular flexibility index (Phi) is 5.04. The number of carbonyl (C=O) groups is 2. The Bertz CT molecular complexity index is 930. The van der Waals surface area contributed by atoms with Gasteiger partial charge in [-0.1, -0.05) is 24.3 Å². The van der Waals surface area contributed by atoms with E-state index in [1.165, 1.54) is 4.90 Å².